The molecule has 0 fully saturated rings. The van der Waals surface area contributed by atoms with Crippen LogP contribution in [0.15, 0.2) is 81.4 Å². The number of hydrogen-bond donors (Lipinski definition) is 0. The topological polar surface area (TPSA) is 29.5 Å². The maximum atomic E-state index is 13.3. The van der Waals surface area contributed by atoms with E-state index in [-0.39, 0.29) is 17.3 Å². The summed E-state index contributed by atoms with van der Waals surface area (Å²) in [7, 11) is 1.55. The molecule has 1 amide bonds. The van der Waals surface area contributed by atoms with Crippen LogP contribution in [-0.4, -0.2) is 18.8 Å². The van der Waals surface area contributed by atoms with Gasteiger partial charge in [-0.1, -0.05) is 36.0 Å². The molecule has 3 nitrogen and oxygen atoms in total. The Bertz CT molecular complexity index is 1100. The van der Waals surface area contributed by atoms with Crippen LogP contribution in [0.4, 0.5) is 24.5 Å². The molecule has 4 rings (SSSR count). The van der Waals surface area contributed by atoms with Crippen LogP contribution in [0.3, 0.4) is 0 Å². The lowest BCUT2D eigenvalue weighted by atomic mass is 10.1. The number of anilines is 2. The zero-order valence-corrected chi connectivity index (χ0v) is 17.4. The number of amides is 1. The summed E-state index contributed by atoms with van der Waals surface area (Å²) in [6.45, 7) is 0. The fourth-order valence-electron chi connectivity index (χ4n) is 3.14. The van der Waals surface area contributed by atoms with Gasteiger partial charge in [0.15, 0.2) is 0 Å². The van der Waals surface area contributed by atoms with Gasteiger partial charge in [0.2, 0.25) is 5.91 Å². The van der Waals surface area contributed by atoms with Crippen molar-refractivity contribution in [1.29, 1.82) is 0 Å². The highest BCUT2D eigenvalue weighted by Gasteiger charge is 2.34. The summed E-state index contributed by atoms with van der Waals surface area (Å²) < 4.78 is 45.2. The Morgan fingerprint density at radius 1 is 1.00 bits per heavy atom. The molecule has 8 heteroatoms. The number of benzene rings is 3. The van der Waals surface area contributed by atoms with Gasteiger partial charge in [0, 0.05) is 14.7 Å². The Labute approximate surface area is 180 Å². The summed E-state index contributed by atoms with van der Waals surface area (Å²) >= 11 is 2.64. The number of carbonyl (C=O) groups excluding carboxylic acids is 1. The van der Waals surface area contributed by atoms with E-state index in [2.05, 4.69) is 0 Å². The van der Waals surface area contributed by atoms with Crippen LogP contribution in [0.1, 0.15) is 5.56 Å². The first-order valence-corrected chi connectivity index (χ1v) is 10.8. The molecule has 0 atom stereocenters. The lowest BCUT2D eigenvalue weighted by Gasteiger charge is -2.31. The minimum absolute atomic E-state index is 0.0507. The molecule has 0 aromatic heterocycles. The molecule has 30 heavy (non-hydrogen) atoms. The molecule has 0 saturated carbocycles. The van der Waals surface area contributed by atoms with Crippen LogP contribution >= 0.6 is 23.5 Å². The van der Waals surface area contributed by atoms with Crippen molar-refractivity contribution in [2.24, 2.45) is 0 Å². The summed E-state index contributed by atoms with van der Waals surface area (Å²) in [4.78, 5) is 16.8. The zero-order valence-electron chi connectivity index (χ0n) is 15.8. The molecule has 154 valence electrons. The lowest BCUT2D eigenvalue weighted by Crippen LogP contribution is -2.30. The van der Waals surface area contributed by atoms with Crippen LogP contribution in [0.2, 0.25) is 0 Å². The minimum Gasteiger partial charge on any atom is -0.496 e. The van der Waals surface area contributed by atoms with Gasteiger partial charge in [-0.05, 0) is 42.5 Å². The average molecular weight is 448 g/mol. The third-order valence-corrected chi connectivity index (χ3v) is 6.69. The van der Waals surface area contributed by atoms with Crippen LogP contribution in [0, 0.1) is 0 Å². The molecule has 0 radical (unpaired) electrons. The van der Waals surface area contributed by atoms with E-state index in [4.69, 9.17) is 4.74 Å². The van der Waals surface area contributed by atoms with Crippen LogP contribution < -0.4 is 9.64 Å². The first kappa shape index (κ1) is 20.7. The monoisotopic (exact) mass is 447 g/mol. The highest BCUT2D eigenvalue weighted by atomic mass is 32.2. The molecule has 0 saturated heterocycles. The number of methoxy groups -OCH3 is 1. The van der Waals surface area contributed by atoms with Gasteiger partial charge in [-0.3, -0.25) is 9.69 Å². The number of hydrogen-bond acceptors (Lipinski definition) is 4. The van der Waals surface area contributed by atoms with Crippen molar-refractivity contribution in [3.8, 4) is 5.75 Å². The number of carbonyl (C=O) groups is 1. The van der Waals surface area contributed by atoms with E-state index >= 15 is 0 Å². The number of para-hydroxylation sites is 2. The van der Waals surface area contributed by atoms with Gasteiger partial charge in [0.1, 0.15) is 5.75 Å². The molecule has 0 spiro atoms. The molecule has 1 heterocycles. The van der Waals surface area contributed by atoms with Gasteiger partial charge < -0.3 is 4.74 Å². The maximum absolute atomic E-state index is 13.3. The Balaban J connectivity index is 1.70. The van der Waals surface area contributed by atoms with E-state index in [1.165, 1.54) is 34.5 Å². The Morgan fingerprint density at radius 2 is 1.70 bits per heavy atom. The number of nitrogens with zero attached hydrogens (tertiary/aromatic N) is 1. The van der Waals surface area contributed by atoms with Gasteiger partial charge in [-0.15, -0.1) is 11.8 Å². The molecule has 0 aliphatic carbocycles. The van der Waals surface area contributed by atoms with E-state index in [9.17, 15) is 18.0 Å². The molecule has 3 aromatic carbocycles. The molecule has 0 unspecified atom stereocenters. The highest BCUT2D eigenvalue weighted by Crippen LogP contribution is 2.49. The van der Waals surface area contributed by atoms with E-state index < -0.39 is 11.7 Å². The van der Waals surface area contributed by atoms with Crippen molar-refractivity contribution in [3.63, 3.8) is 0 Å². The normalized spacial score (nSPS) is 12.9. The summed E-state index contributed by atoms with van der Waals surface area (Å²) in [6, 6.07) is 18.0. The minimum atomic E-state index is -4.49. The fraction of sp³-hybridized carbons (Fsp3) is 0.136. The van der Waals surface area contributed by atoms with Crippen molar-refractivity contribution in [1.82, 2.24) is 0 Å². The first-order valence-electron chi connectivity index (χ1n) is 8.95. The van der Waals surface area contributed by atoms with Gasteiger partial charge in [0.25, 0.3) is 0 Å². The molecule has 0 bridgehead atoms. The standard InChI is InChI=1S/C22H16F3NO2S2/c1-28-17-7-3-5-9-20(17)29-13-21(27)26-15-6-2-4-8-18(15)30-19-11-10-14(12-16(19)26)22(23,24)25/h2-12H,13H2,1H3. The molecule has 1 aliphatic rings. The number of thioether (sulfide) groups is 1. The summed E-state index contributed by atoms with van der Waals surface area (Å²) in [5, 5.41) is 0. The van der Waals surface area contributed by atoms with Gasteiger partial charge in [-0.2, -0.15) is 13.2 Å². The number of ether oxygens (including phenoxy) is 1. The lowest BCUT2D eigenvalue weighted by molar-refractivity contribution is -0.137. The summed E-state index contributed by atoms with van der Waals surface area (Å²) in [5.74, 6) is 0.388. The number of halogens is 3. The van der Waals surface area contributed by atoms with Crippen molar-refractivity contribution in [2.45, 2.75) is 20.9 Å². The predicted octanol–water partition coefficient (Wildman–Crippen LogP) is 6.64. The van der Waals surface area contributed by atoms with Gasteiger partial charge >= 0.3 is 6.18 Å². The third kappa shape index (κ3) is 4.02. The van der Waals surface area contributed by atoms with E-state index in [1.54, 1.807) is 25.3 Å². The van der Waals surface area contributed by atoms with E-state index in [0.717, 1.165) is 21.9 Å². The molecular weight excluding hydrogens is 431 g/mol. The largest absolute Gasteiger partial charge is 0.496 e. The number of alkyl halides is 3. The summed E-state index contributed by atoms with van der Waals surface area (Å²) in [5.41, 5.74) is 0.0514. The zero-order chi connectivity index (χ0) is 21.3. The van der Waals surface area contributed by atoms with Crippen molar-refractivity contribution in [2.75, 3.05) is 17.8 Å². The van der Waals surface area contributed by atoms with E-state index in [1.807, 2.05) is 30.3 Å². The SMILES string of the molecule is COc1ccccc1SCC(=O)N1c2ccccc2Sc2ccc(C(F)(F)F)cc21. The highest BCUT2D eigenvalue weighted by molar-refractivity contribution is 8.00. The number of rotatable bonds is 4. The quantitative estimate of drug-likeness (QED) is 0.420. The second kappa shape index (κ2) is 8.28. The second-order valence-electron chi connectivity index (χ2n) is 6.42. The second-order valence-corrected chi connectivity index (χ2v) is 8.52. The third-order valence-electron chi connectivity index (χ3n) is 4.52. The van der Waals surface area contributed by atoms with Crippen LogP contribution in [0.5, 0.6) is 5.75 Å². The van der Waals surface area contributed by atoms with Gasteiger partial charge in [0.05, 0.1) is 29.8 Å². The fourth-order valence-corrected chi connectivity index (χ4v) is 5.06. The van der Waals surface area contributed by atoms with Crippen molar-refractivity contribution >= 4 is 40.8 Å². The molecule has 1 aliphatic heterocycles. The van der Waals surface area contributed by atoms with Crippen molar-refractivity contribution in [3.05, 3.63) is 72.3 Å². The van der Waals surface area contributed by atoms with E-state index in [0.29, 0.717) is 16.3 Å². The number of fused-ring (bicyclic) bond motifs is 2. The van der Waals surface area contributed by atoms with Crippen molar-refractivity contribution < 1.29 is 22.7 Å². The maximum Gasteiger partial charge on any atom is 0.416 e. The van der Waals surface area contributed by atoms with Gasteiger partial charge in [-0.25, -0.2) is 0 Å². The predicted molar refractivity (Wildman–Crippen MR) is 113 cm³/mol. The molecular formula is C22H16F3NO2S2. The Kier molecular flexibility index (Phi) is 5.71. The average Bonchev–Trinajstić information content (AvgIpc) is 2.74. The van der Waals surface area contributed by atoms with Crippen LogP contribution in [-0.2, 0) is 11.0 Å². The van der Waals surface area contributed by atoms with Crippen LogP contribution in [0.25, 0.3) is 0 Å². The Hall–Kier alpha value is -2.58. The summed E-state index contributed by atoms with van der Waals surface area (Å²) in [6.07, 6.45) is -4.49. The molecule has 0 N–H and O–H groups in total. The first-order chi connectivity index (χ1) is 14.4. The Morgan fingerprint density at radius 3 is 2.47 bits per heavy atom. The molecule has 3 aromatic rings. The smallest absolute Gasteiger partial charge is 0.416 e.